The maximum atomic E-state index is 12.0. The average Bonchev–Trinajstić information content (AvgIpc) is 2.91. The van der Waals surface area contributed by atoms with Crippen LogP contribution in [-0.4, -0.2) is 54.3 Å². The van der Waals surface area contributed by atoms with E-state index in [1.807, 2.05) is 20.8 Å². The van der Waals surface area contributed by atoms with E-state index < -0.39 is 5.60 Å². The van der Waals surface area contributed by atoms with Gasteiger partial charge in [-0.1, -0.05) is 0 Å². The molecule has 0 saturated carbocycles. The summed E-state index contributed by atoms with van der Waals surface area (Å²) in [7, 11) is 0. The molecule has 6 heteroatoms. The summed E-state index contributed by atoms with van der Waals surface area (Å²) >= 11 is 0. The van der Waals surface area contributed by atoms with Crippen LogP contribution in [0.2, 0.25) is 0 Å². The Bertz CT molecular complexity index is 378. The number of carbonyl (C=O) groups is 2. The van der Waals surface area contributed by atoms with Crippen molar-refractivity contribution in [1.29, 1.82) is 0 Å². The second-order valence-electron chi connectivity index (χ2n) is 6.75. The standard InChI is InChI=1S/C15H26N2O4/c1-15(2,3)21-14(19)17-8-6-11(7-9-17)16-13(18)12-5-4-10-20-12/h11-12H,4-10H2,1-3H3,(H,16,18). The van der Waals surface area contributed by atoms with Crippen molar-refractivity contribution in [3.05, 3.63) is 0 Å². The Morgan fingerprint density at radius 1 is 1.19 bits per heavy atom. The zero-order valence-electron chi connectivity index (χ0n) is 13.2. The maximum Gasteiger partial charge on any atom is 0.410 e. The van der Waals surface area contributed by atoms with Crippen LogP contribution < -0.4 is 5.32 Å². The smallest absolute Gasteiger partial charge is 0.410 e. The molecule has 2 rings (SSSR count). The zero-order chi connectivity index (χ0) is 15.5. The minimum absolute atomic E-state index is 0.0109. The lowest BCUT2D eigenvalue weighted by Gasteiger charge is -2.34. The van der Waals surface area contributed by atoms with Gasteiger partial charge in [-0.15, -0.1) is 0 Å². The van der Waals surface area contributed by atoms with Crippen molar-refractivity contribution >= 4 is 12.0 Å². The Balaban J connectivity index is 1.72. The molecule has 1 N–H and O–H groups in total. The summed E-state index contributed by atoms with van der Waals surface area (Å²) in [6.45, 7) is 7.49. The van der Waals surface area contributed by atoms with Crippen LogP contribution in [0, 0.1) is 0 Å². The van der Waals surface area contributed by atoms with Gasteiger partial charge >= 0.3 is 6.09 Å². The van der Waals surface area contributed by atoms with E-state index in [0.717, 1.165) is 25.7 Å². The van der Waals surface area contributed by atoms with Gasteiger partial charge in [0.05, 0.1) is 0 Å². The second kappa shape index (κ2) is 6.64. The van der Waals surface area contributed by atoms with Gasteiger partial charge in [-0.3, -0.25) is 4.79 Å². The Morgan fingerprint density at radius 3 is 2.38 bits per heavy atom. The number of nitrogens with zero attached hydrogens (tertiary/aromatic N) is 1. The summed E-state index contributed by atoms with van der Waals surface area (Å²) in [5, 5.41) is 3.03. The van der Waals surface area contributed by atoms with Crippen molar-refractivity contribution in [2.75, 3.05) is 19.7 Å². The van der Waals surface area contributed by atoms with E-state index in [2.05, 4.69) is 5.32 Å². The lowest BCUT2D eigenvalue weighted by Crippen LogP contribution is -2.49. The highest BCUT2D eigenvalue weighted by molar-refractivity contribution is 5.81. The predicted molar refractivity (Wildman–Crippen MR) is 77.9 cm³/mol. The van der Waals surface area contributed by atoms with E-state index in [1.54, 1.807) is 4.90 Å². The fourth-order valence-electron chi connectivity index (χ4n) is 2.61. The van der Waals surface area contributed by atoms with E-state index in [0.29, 0.717) is 19.7 Å². The lowest BCUT2D eigenvalue weighted by atomic mass is 10.0. The van der Waals surface area contributed by atoms with Crippen LogP contribution >= 0.6 is 0 Å². The molecule has 0 radical (unpaired) electrons. The molecule has 1 unspecified atom stereocenters. The van der Waals surface area contributed by atoms with E-state index in [-0.39, 0.29) is 24.1 Å². The first kappa shape index (κ1) is 16.1. The van der Waals surface area contributed by atoms with E-state index in [4.69, 9.17) is 9.47 Å². The highest BCUT2D eigenvalue weighted by Crippen LogP contribution is 2.17. The van der Waals surface area contributed by atoms with Crippen molar-refractivity contribution in [2.45, 2.75) is 64.2 Å². The molecular weight excluding hydrogens is 272 g/mol. The third kappa shape index (κ3) is 4.88. The molecule has 2 amide bonds. The summed E-state index contributed by atoms with van der Waals surface area (Å²) in [5.74, 6) is -0.0109. The van der Waals surface area contributed by atoms with Gasteiger partial charge in [0.1, 0.15) is 11.7 Å². The number of ether oxygens (including phenoxy) is 2. The molecule has 0 spiro atoms. The summed E-state index contributed by atoms with van der Waals surface area (Å²) in [6.07, 6.45) is 2.73. The minimum Gasteiger partial charge on any atom is -0.444 e. The van der Waals surface area contributed by atoms with E-state index in [9.17, 15) is 9.59 Å². The van der Waals surface area contributed by atoms with Crippen molar-refractivity contribution in [3.8, 4) is 0 Å². The Hall–Kier alpha value is -1.30. The average molecular weight is 298 g/mol. The van der Waals surface area contributed by atoms with Gasteiger partial charge in [0, 0.05) is 25.7 Å². The Kier molecular flexibility index (Phi) is 5.08. The second-order valence-corrected chi connectivity index (χ2v) is 6.75. The van der Waals surface area contributed by atoms with Gasteiger partial charge in [-0.2, -0.15) is 0 Å². The third-order valence-corrected chi connectivity index (χ3v) is 3.72. The van der Waals surface area contributed by atoms with Gasteiger partial charge in [0.25, 0.3) is 0 Å². The molecule has 120 valence electrons. The highest BCUT2D eigenvalue weighted by Gasteiger charge is 2.30. The number of rotatable bonds is 2. The SMILES string of the molecule is CC(C)(C)OC(=O)N1CCC(NC(=O)C2CCCO2)CC1. The number of piperidine rings is 1. The number of hydrogen-bond acceptors (Lipinski definition) is 4. The molecule has 21 heavy (non-hydrogen) atoms. The minimum atomic E-state index is -0.470. The van der Waals surface area contributed by atoms with Crippen LogP contribution in [0.25, 0.3) is 0 Å². The van der Waals surface area contributed by atoms with Crippen LogP contribution in [0.5, 0.6) is 0 Å². The molecule has 1 atom stereocenters. The molecule has 2 heterocycles. The monoisotopic (exact) mass is 298 g/mol. The molecule has 2 aliphatic heterocycles. The largest absolute Gasteiger partial charge is 0.444 e. The van der Waals surface area contributed by atoms with Crippen LogP contribution in [0.1, 0.15) is 46.5 Å². The zero-order valence-corrected chi connectivity index (χ0v) is 13.2. The Labute approximate surface area is 126 Å². The molecule has 6 nitrogen and oxygen atoms in total. The Morgan fingerprint density at radius 2 is 1.86 bits per heavy atom. The van der Waals surface area contributed by atoms with Crippen molar-refractivity contribution in [1.82, 2.24) is 10.2 Å². The summed E-state index contributed by atoms with van der Waals surface area (Å²) < 4.78 is 10.7. The van der Waals surface area contributed by atoms with Crippen molar-refractivity contribution in [3.63, 3.8) is 0 Å². The van der Waals surface area contributed by atoms with Crippen LogP contribution in [0.3, 0.4) is 0 Å². The van der Waals surface area contributed by atoms with Crippen LogP contribution in [0.15, 0.2) is 0 Å². The highest BCUT2D eigenvalue weighted by atomic mass is 16.6. The normalized spacial score (nSPS) is 24.0. The molecular formula is C15H26N2O4. The van der Waals surface area contributed by atoms with Crippen molar-refractivity contribution < 1.29 is 19.1 Å². The molecule has 0 bridgehead atoms. The van der Waals surface area contributed by atoms with Crippen LogP contribution in [-0.2, 0) is 14.3 Å². The maximum absolute atomic E-state index is 12.0. The molecule has 2 aliphatic rings. The first-order valence-corrected chi connectivity index (χ1v) is 7.75. The quantitative estimate of drug-likeness (QED) is 0.842. The van der Waals surface area contributed by atoms with Gasteiger partial charge in [-0.25, -0.2) is 4.79 Å². The van der Waals surface area contributed by atoms with E-state index >= 15 is 0 Å². The van der Waals surface area contributed by atoms with Crippen molar-refractivity contribution in [2.24, 2.45) is 0 Å². The number of nitrogens with one attached hydrogen (secondary N) is 1. The number of hydrogen-bond donors (Lipinski definition) is 1. The fourth-order valence-corrected chi connectivity index (χ4v) is 2.61. The molecule has 2 saturated heterocycles. The lowest BCUT2D eigenvalue weighted by molar-refractivity contribution is -0.131. The van der Waals surface area contributed by atoms with Gasteiger partial charge in [-0.05, 0) is 46.5 Å². The number of amides is 2. The fraction of sp³-hybridized carbons (Fsp3) is 0.867. The molecule has 0 aliphatic carbocycles. The third-order valence-electron chi connectivity index (χ3n) is 3.72. The molecule has 0 aromatic carbocycles. The number of carbonyl (C=O) groups excluding carboxylic acids is 2. The summed E-state index contributed by atoms with van der Waals surface area (Å²) in [6, 6.07) is 0.125. The van der Waals surface area contributed by atoms with Crippen LogP contribution in [0.4, 0.5) is 4.79 Å². The number of likely N-dealkylation sites (tertiary alicyclic amines) is 1. The molecule has 0 aromatic rings. The van der Waals surface area contributed by atoms with Gasteiger partial charge < -0.3 is 19.7 Å². The molecule has 2 fully saturated rings. The first-order chi connectivity index (χ1) is 9.85. The van der Waals surface area contributed by atoms with E-state index in [1.165, 1.54) is 0 Å². The summed E-state index contributed by atoms with van der Waals surface area (Å²) in [4.78, 5) is 25.6. The predicted octanol–water partition coefficient (Wildman–Crippen LogP) is 1.68. The topological polar surface area (TPSA) is 67.9 Å². The summed E-state index contributed by atoms with van der Waals surface area (Å²) in [5.41, 5.74) is -0.470. The first-order valence-electron chi connectivity index (χ1n) is 7.75. The van der Waals surface area contributed by atoms with Gasteiger partial charge in [0.15, 0.2) is 0 Å². The molecule has 0 aromatic heterocycles. The van der Waals surface area contributed by atoms with Gasteiger partial charge in [0.2, 0.25) is 5.91 Å².